The predicted molar refractivity (Wildman–Crippen MR) is 71.9 cm³/mol. The van der Waals surface area contributed by atoms with Gasteiger partial charge in [-0.15, -0.1) is 0 Å². The smallest absolute Gasteiger partial charge is 0.248 e. The Morgan fingerprint density at radius 3 is 2.86 bits per heavy atom. The van der Waals surface area contributed by atoms with Gasteiger partial charge in [-0.25, -0.2) is 4.39 Å². The molecule has 1 aliphatic carbocycles. The number of carbonyl (C=O) groups excluding carboxylic acids is 1. The minimum atomic E-state index is -0.389. The van der Waals surface area contributed by atoms with E-state index in [1.54, 1.807) is 16.8 Å². The van der Waals surface area contributed by atoms with Crippen LogP contribution in [0.2, 0.25) is 0 Å². The zero-order valence-electron chi connectivity index (χ0n) is 11.1. The average Bonchev–Trinajstić information content (AvgIpc) is 2.94. The summed E-state index contributed by atoms with van der Waals surface area (Å²) in [5.74, 6) is 0.297. The summed E-state index contributed by atoms with van der Waals surface area (Å²) >= 11 is 0. The maximum Gasteiger partial charge on any atom is 0.248 e. The van der Waals surface area contributed by atoms with Crippen LogP contribution in [0.1, 0.15) is 30.9 Å². The summed E-state index contributed by atoms with van der Waals surface area (Å²) in [6.45, 7) is 0. The molecule has 1 N–H and O–H groups in total. The summed E-state index contributed by atoms with van der Waals surface area (Å²) in [5, 5.41) is 14.7. The van der Waals surface area contributed by atoms with Gasteiger partial charge in [-0.1, -0.05) is 17.2 Å². The van der Waals surface area contributed by atoms with E-state index in [4.69, 9.17) is 0 Å². The molecular formula is C14H12FN5O. The van der Waals surface area contributed by atoms with Crippen LogP contribution in [-0.2, 0) is 4.79 Å². The third-order valence-corrected chi connectivity index (χ3v) is 3.92. The van der Waals surface area contributed by atoms with Gasteiger partial charge in [0.25, 0.3) is 0 Å². The first-order valence-corrected chi connectivity index (χ1v) is 6.80. The van der Waals surface area contributed by atoms with E-state index in [1.165, 1.54) is 12.1 Å². The molecule has 2 heterocycles. The lowest BCUT2D eigenvalue weighted by molar-refractivity contribution is -0.116. The largest absolute Gasteiger partial charge is 0.326 e. The van der Waals surface area contributed by atoms with Gasteiger partial charge < -0.3 is 5.32 Å². The Kier molecular flexibility index (Phi) is 2.60. The van der Waals surface area contributed by atoms with Gasteiger partial charge in [0.15, 0.2) is 5.78 Å². The van der Waals surface area contributed by atoms with Crippen LogP contribution in [0, 0.1) is 5.82 Å². The van der Waals surface area contributed by atoms with Gasteiger partial charge >= 0.3 is 0 Å². The third-order valence-electron chi connectivity index (χ3n) is 3.92. The van der Waals surface area contributed by atoms with Crippen molar-refractivity contribution >= 4 is 11.7 Å². The van der Waals surface area contributed by atoms with Crippen molar-refractivity contribution in [2.45, 2.75) is 25.3 Å². The molecule has 106 valence electrons. The van der Waals surface area contributed by atoms with Gasteiger partial charge in [-0.05, 0) is 41.0 Å². The Labute approximate surface area is 119 Å². The number of ketones is 1. The Morgan fingerprint density at radius 2 is 2.05 bits per heavy atom. The molecule has 0 saturated carbocycles. The van der Waals surface area contributed by atoms with Crippen molar-refractivity contribution in [2.24, 2.45) is 0 Å². The van der Waals surface area contributed by atoms with Crippen LogP contribution >= 0.6 is 0 Å². The molecule has 6 nitrogen and oxygen atoms in total. The van der Waals surface area contributed by atoms with Crippen molar-refractivity contribution in [3.8, 4) is 0 Å². The van der Waals surface area contributed by atoms with Crippen molar-refractivity contribution in [2.75, 3.05) is 5.32 Å². The second kappa shape index (κ2) is 4.47. The van der Waals surface area contributed by atoms with E-state index in [0.29, 0.717) is 17.9 Å². The molecule has 0 fully saturated rings. The van der Waals surface area contributed by atoms with Crippen molar-refractivity contribution in [3.63, 3.8) is 0 Å². The number of fused-ring (bicyclic) bond motifs is 1. The summed E-state index contributed by atoms with van der Waals surface area (Å²) in [6, 6.07) is 5.72. The number of Topliss-reactive ketones (excluding diaryl/α,β-unsaturated/α-hetero) is 1. The Morgan fingerprint density at radius 1 is 1.24 bits per heavy atom. The minimum Gasteiger partial charge on any atom is -0.326 e. The maximum atomic E-state index is 13.2. The topological polar surface area (TPSA) is 72.7 Å². The minimum absolute atomic E-state index is 0.0965. The number of nitrogens with one attached hydrogen (secondary N) is 1. The number of anilines is 1. The molecule has 1 atom stereocenters. The van der Waals surface area contributed by atoms with E-state index in [1.807, 2.05) is 0 Å². The SMILES string of the molecule is O=C1CCCC2=C1[C@@H](c1ccc(F)cc1)n1nnnc1N2. The van der Waals surface area contributed by atoms with Crippen molar-refractivity contribution in [1.82, 2.24) is 20.2 Å². The van der Waals surface area contributed by atoms with Crippen LogP contribution in [0.25, 0.3) is 0 Å². The van der Waals surface area contributed by atoms with Gasteiger partial charge in [0, 0.05) is 17.7 Å². The summed E-state index contributed by atoms with van der Waals surface area (Å²) in [4.78, 5) is 12.4. The normalized spacial score (nSPS) is 20.8. The maximum absolute atomic E-state index is 13.2. The van der Waals surface area contributed by atoms with Crippen LogP contribution in [0.15, 0.2) is 35.5 Å². The Balaban J connectivity index is 1.91. The first-order valence-electron chi connectivity index (χ1n) is 6.80. The Bertz CT molecular complexity index is 749. The second-order valence-corrected chi connectivity index (χ2v) is 5.20. The van der Waals surface area contributed by atoms with Gasteiger partial charge in [-0.2, -0.15) is 4.68 Å². The highest BCUT2D eigenvalue weighted by Gasteiger charge is 2.36. The van der Waals surface area contributed by atoms with E-state index in [9.17, 15) is 9.18 Å². The van der Waals surface area contributed by atoms with Gasteiger partial charge in [0.1, 0.15) is 11.9 Å². The molecule has 0 unspecified atom stereocenters. The number of rotatable bonds is 1. The third kappa shape index (κ3) is 1.84. The molecule has 0 spiro atoms. The van der Waals surface area contributed by atoms with Gasteiger partial charge in [0.2, 0.25) is 5.95 Å². The number of tetrazole rings is 1. The first-order chi connectivity index (χ1) is 10.2. The van der Waals surface area contributed by atoms with E-state index < -0.39 is 0 Å². The molecular weight excluding hydrogens is 273 g/mol. The van der Waals surface area contributed by atoms with E-state index in [-0.39, 0.29) is 17.6 Å². The number of halogens is 1. The van der Waals surface area contributed by atoms with Crippen LogP contribution in [0.3, 0.4) is 0 Å². The number of hydrogen-bond acceptors (Lipinski definition) is 5. The number of nitrogens with zero attached hydrogens (tertiary/aromatic N) is 4. The highest BCUT2D eigenvalue weighted by Crippen LogP contribution is 2.39. The summed E-state index contributed by atoms with van der Waals surface area (Å²) in [6.07, 6.45) is 2.14. The molecule has 0 radical (unpaired) electrons. The molecule has 0 amide bonds. The average molecular weight is 285 g/mol. The number of benzene rings is 1. The van der Waals surface area contributed by atoms with E-state index >= 15 is 0 Å². The Hall–Kier alpha value is -2.57. The number of allylic oxidation sites excluding steroid dienone is 2. The van der Waals surface area contributed by atoms with E-state index in [0.717, 1.165) is 24.1 Å². The van der Waals surface area contributed by atoms with Crippen LogP contribution < -0.4 is 5.32 Å². The fourth-order valence-corrected chi connectivity index (χ4v) is 2.97. The van der Waals surface area contributed by atoms with Crippen molar-refractivity contribution in [3.05, 3.63) is 46.9 Å². The summed E-state index contributed by atoms with van der Waals surface area (Å²) < 4.78 is 14.7. The molecule has 2 aliphatic rings. The summed E-state index contributed by atoms with van der Waals surface area (Å²) in [7, 11) is 0. The monoisotopic (exact) mass is 285 g/mol. The fraction of sp³-hybridized carbons (Fsp3) is 0.286. The van der Waals surface area contributed by atoms with Crippen LogP contribution in [0.4, 0.5) is 10.3 Å². The number of aromatic nitrogens is 4. The zero-order valence-corrected chi connectivity index (χ0v) is 11.1. The molecule has 0 saturated heterocycles. The predicted octanol–water partition coefficient (Wildman–Crippen LogP) is 1.83. The van der Waals surface area contributed by atoms with E-state index in [2.05, 4.69) is 20.8 Å². The molecule has 4 rings (SSSR count). The number of hydrogen-bond donors (Lipinski definition) is 1. The first kappa shape index (κ1) is 12.2. The van der Waals surface area contributed by atoms with Crippen LogP contribution in [0.5, 0.6) is 0 Å². The zero-order chi connectivity index (χ0) is 14.4. The molecule has 21 heavy (non-hydrogen) atoms. The molecule has 1 aromatic heterocycles. The molecule has 7 heteroatoms. The van der Waals surface area contributed by atoms with Gasteiger partial charge in [0.05, 0.1) is 0 Å². The highest BCUT2D eigenvalue weighted by atomic mass is 19.1. The fourth-order valence-electron chi connectivity index (χ4n) is 2.97. The quantitative estimate of drug-likeness (QED) is 0.865. The molecule has 2 aromatic rings. The number of carbonyl (C=O) groups is 1. The lowest BCUT2D eigenvalue weighted by Gasteiger charge is -2.31. The highest BCUT2D eigenvalue weighted by molar-refractivity contribution is 5.99. The lowest BCUT2D eigenvalue weighted by atomic mass is 9.85. The standard InChI is InChI=1S/C14H12FN5O/c15-9-6-4-8(5-7-9)13-12-10(2-1-3-11(12)21)16-14-17-18-19-20(13)14/h4-7,13H,1-3H2,(H,16,17,19)/t13-/m1/s1. The van der Waals surface area contributed by atoms with Gasteiger partial charge in [-0.3, -0.25) is 4.79 Å². The van der Waals surface area contributed by atoms with Crippen molar-refractivity contribution < 1.29 is 9.18 Å². The molecule has 0 bridgehead atoms. The molecule has 1 aromatic carbocycles. The molecule has 1 aliphatic heterocycles. The summed E-state index contributed by atoms with van der Waals surface area (Å²) in [5.41, 5.74) is 2.37. The van der Waals surface area contributed by atoms with Crippen LogP contribution in [-0.4, -0.2) is 26.0 Å². The van der Waals surface area contributed by atoms with Crippen molar-refractivity contribution in [1.29, 1.82) is 0 Å². The second-order valence-electron chi connectivity index (χ2n) is 5.20. The lowest BCUT2D eigenvalue weighted by Crippen LogP contribution is -2.31.